The van der Waals surface area contributed by atoms with Gasteiger partial charge in [0.15, 0.2) is 6.10 Å². The quantitative estimate of drug-likeness (QED) is 0.0267. The lowest BCUT2D eigenvalue weighted by Gasteiger charge is -2.18. The highest BCUT2D eigenvalue weighted by Crippen LogP contribution is 2.15. The fraction of sp³-hybridized carbons (Fsp3) is 0.776. The van der Waals surface area contributed by atoms with Gasteiger partial charge in [-0.1, -0.05) is 185 Å². The van der Waals surface area contributed by atoms with Gasteiger partial charge in [-0.3, -0.25) is 14.4 Å². The molecule has 0 radical (unpaired) electrons. The van der Waals surface area contributed by atoms with Crippen molar-refractivity contribution < 1.29 is 28.6 Å². The van der Waals surface area contributed by atoms with Crippen LogP contribution in [0.4, 0.5) is 0 Å². The number of carbonyl (C=O) groups excluding carboxylic acids is 3. The minimum Gasteiger partial charge on any atom is -0.462 e. The average molecular weight is 771 g/mol. The fourth-order valence-corrected chi connectivity index (χ4v) is 6.40. The number of allylic oxidation sites excluding steroid dienone is 8. The maximum absolute atomic E-state index is 12.6. The molecule has 0 rings (SSSR count). The lowest BCUT2D eigenvalue weighted by atomic mass is 10.0. The summed E-state index contributed by atoms with van der Waals surface area (Å²) < 4.78 is 16.6. The summed E-state index contributed by atoms with van der Waals surface area (Å²) in [6, 6.07) is 0. The number of unbranched alkanes of at least 4 members (excludes halogenated alkanes) is 22. The molecule has 0 aromatic carbocycles. The van der Waals surface area contributed by atoms with Crippen LogP contribution >= 0.6 is 0 Å². The van der Waals surface area contributed by atoms with Crippen molar-refractivity contribution in [1.82, 2.24) is 0 Å². The normalized spacial score (nSPS) is 12.4. The first-order valence-electron chi connectivity index (χ1n) is 23.1. The van der Waals surface area contributed by atoms with Crippen LogP contribution < -0.4 is 0 Å². The number of esters is 3. The van der Waals surface area contributed by atoms with E-state index in [4.69, 9.17) is 14.2 Å². The summed E-state index contributed by atoms with van der Waals surface area (Å²) in [5.41, 5.74) is 0. The van der Waals surface area contributed by atoms with Crippen molar-refractivity contribution in [2.24, 2.45) is 0 Å². The van der Waals surface area contributed by atoms with Gasteiger partial charge in [0, 0.05) is 19.3 Å². The molecule has 0 aromatic rings. The molecule has 55 heavy (non-hydrogen) atoms. The molecule has 0 saturated carbocycles. The van der Waals surface area contributed by atoms with Gasteiger partial charge in [-0.05, 0) is 70.6 Å². The molecule has 0 saturated heterocycles. The van der Waals surface area contributed by atoms with Crippen molar-refractivity contribution in [3.05, 3.63) is 48.6 Å². The molecule has 1 unspecified atom stereocenters. The molecule has 0 aliphatic rings. The molecular formula is C49H86O6. The van der Waals surface area contributed by atoms with Gasteiger partial charge < -0.3 is 14.2 Å². The number of hydrogen-bond acceptors (Lipinski definition) is 6. The third-order valence-corrected chi connectivity index (χ3v) is 9.83. The van der Waals surface area contributed by atoms with E-state index >= 15 is 0 Å². The standard InChI is InChI=1S/C49H86O6/c1-4-7-10-13-16-19-20-21-22-23-24-25-26-27-28-31-33-36-39-42-48(51)54-45-46(55-49(52)43-40-37-34-30-18-15-12-9-6-3)44-53-47(50)41-38-35-32-29-17-14-11-8-5-2/h8-9,11-12,17-18,29-30,46H,4-7,10,13-16,19-28,31-45H2,1-3H3/b11-8-,12-9-,29-17-,30-18-. The highest BCUT2D eigenvalue weighted by Gasteiger charge is 2.19. The number of ether oxygens (including phenoxy) is 3. The van der Waals surface area contributed by atoms with Crippen LogP contribution in [0.3, 0.4) is 0 Å². The Morgan fingerprint density at radius 1 is 0.382 bits per heavy atom. The Morgan fingerprint density at radius 2 is 0.709 bits per heavy atom. The van der Waals surface area contributed by atoms with Crippen LogP contribution in [0, 0.1) is 0 Å². The Kier molecular flexibility index (Phi) is 42.0. The van der Waals surface area contributed by atoms with Gasteiger partial charge in [0.1, 0.15) is 13.2 Å². The first-order chi connectivity index (χ1) is 27.0. The van der Waals surface area contributed by atoms with E-state index in [0.29, 0.717) is 19.3 Å². The second-order valence-corrected chi connectivity index (χ2v) is 15.3. The number of carbonyl (C=O) groups is 3. The van der Waals surface area contributed by atoms with Gasteiger partial charge in [0.25, 0.3) is 0 Å². The van der Waals surface area contributed by atoms with Crippen molar-refractivity contribution in [2.45, 2.75) is 232 Å². The van der Waals surface area contributed by atoms with Gasteiger partial charge in [-0.2, -0.15) is 0 Å². The molecule has 1 atom stereocenters. The Balaban J connectivity index is 4.24. The third-order valence-electron chi connectivity index (χ3n) is 9.83. The van der Waals surface area contributed by atoms with Crippen LogP contribution in [-0.2, 0) is 28.6 Å². The highest BCUT2D eigenvalue weighted by molar-refractivity contribution is 5.71. The van der Waals surface area contributed by atoms with E-state index in [1.54, 1.807) is 0 Å². The topological polar surface area (TPSA) is 78.9 Å². The molecule has 6 nitrogen and oxygen atoms in total. The highest BCUT2D eigenvalue weighted by atomic mass is 16.6. The van der Waals surface area contributed by atoms with Gasteiger partial charge in [0.05, 0.1) is 0 Å². The molecule has 0 aliphatic carbocycles. The van der Waals surface area contributed by atoms with Crippen LogP contribution in [-0.4, -0.2) is 37.2 Å². The Labute approximate surface area is 339 Å². The molecule has 0 N–H and O–H groups in total. The molecule has 0 bridgehead atoms. The first kappa shape index (κ1) is 52.4. The molecule has 0 aromatic heterocycles. The lowest BCUT2D eigenvalue weighted by molar-refractivity contribution is -0.167. The van der Waals surface area contributed by atoms with Crippen LogP contribution in [0.15, 0.2) is 48.6 Å². The van der Waals surface area contributed by atoms with E-state index in [9.17, 15) is 14.4 Å². The van der Waals surface area contributed by atoms with Crippen LogP contribution in [0.5, 0.6) is 0 Å². The van der Waals surface area contributed by atoms with Gasteiger partial charge in [0.2, 0.25) is 0 Å². The van der Waals surface area contributed by atoms with E-state index in [-0.39, 0.29) is 37.5 Å². The SMILES string of the molecule is CC/C=C\C/C=C\CCCCC(=O)OCC(COC(=O)CCCCCCCCCCCCCCCCCCCCC)OC(=O)CCCC/C=C\C/C=C\CC. The summed E-state index contributed by atoms with van der Waals surface area (Å²) in [6.07, 6.45) is 51.3. The zero-order valence-corrected chi connectivity index (χ0v) is 36.2. The zero-order chi connectivity index (χ0) is 40.1. The maximum atomic E-state index is 12.6. The first-order valence-corrected chi connectivity index (χ1v) is 23.1. The molecular weight excluding hydrogens is 685 g/mol. The Hall–Kier alpha value is -2.63. The summed E-state index contributed by atoms with van der Waals surface area (Å²) in [5, 5.41) is 0. The Bertz CT molecular complexity index is 980. The van der Waals surface area contributed by atoms with E-state index in [1.807, 2.05) is 0 Å². The summed E-state index contributed by atoms with van der Waals surface area (Å²) in [6.45, 7) is 6.33. The molecule has 0 amide bonds. The number of hydrogen-bond donors (Lipinski definition) is 0. The fourth-order valence-electron chi connectivity index (χ4n) is 6.40. The average Bonchev–Trinajstić information content (AvgIpc) is 3.18. The molecule has 0 fully saturated rings. The zero-order valence-electron chi connectivity index (χ0n) is 36.2. The number of rotatable bonds is 41. The van der Waals surface area contributed by atoms with Crippen LogP contribution in [0.2, 0.25) is 0 Å². The minimum atomic E-state index is -0.796. The van der Waals surface area contributed by atoms with Gasteiger partial charge >= 0.3 is 17.9 Å². The largest absolute Gasteiger partial charge is 0.462 e. The molecule has 6 heteroatoms. The predicted octanol–water partition coefficient (Wildman–Crippen LogP) is 14.8. The molecule has 0 spiro atoms. The maximum Gasteiger partial charge on any atom is 0.306 e. The van der Waals surface area contributed by atoms with Crippen LogP contribution in [0.25, 0.3) is 0 Å². The second kappa shape index (κ2) is 44.1. The van der Waals surface area contributed by atoms with E-state index in [0.717, 1.165) is 77.0 Å². The van der Waals surface area contributed by atoms with Crippen molar-refractivity contribution >= 4 is 17.9 Å². The second-order valence-electron chi connectivity index (χ2n) is 15.3. The molecule has 0 aliphatic heterocycles. The third kappa shape index (κ3) is 42.4. The Morgan fingerprint density at radius 3 is 1.09 bits per heavy atom. The predicted molar refractivity (Wildman–Crippen MR) is 233 cm³/mol. The summed E-state index contributed by atoms with van der Waals surface area (Å²) in [4.78, 5) is 37.6. The van der Waals surface area contributed by atoms with E-state index < -0.39 is 6.10 Å². The summed E-state index contributed by atoms with van der Waals surface area (Å²) in [5.74, 6) is -0.971. The summed E-state index contributed by atoms with van der Waals surface area (Å²) >= 11 is 0. The van der Waals surface area contributed by atoms with E-state index in [1.165, 1.54) is 103 Å². The molecule has 0 heterocycles. The van der Waals surface area contributed by atoms with Crippen LogP contribution in [0.1, 0.15) is 226 Å². The van der Waals surface area contributed by atoms with Gasteiger partial charge in [-0.15, -0.1) is 0 Å². The molecule has 318 valence electrons. The summed E-state index contributed by atoms with van der Waals surface area (Å²) in [7, 11) is 0. The monoisotopic (exact) mass is 771 g/mol. The smallest absolute Gasteiger partial charge is 0.306 e. The van der Waals surface area contributed by atoms with Crippen molar-refractivity contribution in [3.8, 4) is 0 Å². The van der Waals surface area contributed by atoms with Crippen molar-refractivity contribution in [2.75, 3.05) is 13.2 Å². The van der Waals surface area contributed by atoms with Crippen molar-refractivity contribution in [3.63, 3.8) is 0 Å². The van der Waals surface area contributed by atoms with Gasteiger partial charge in [-0.25, -0.2) is 0 Å². The van der Waals surface area contributed by atoms with Crippen molar-refractivity contribution in [1.29, 1.82) is 0 Å². The minimum absolute atomic E-state index is 0.0950. The van der Waals surface area contributed by atoms with E-state index in [2.05, 4.69) is 69.4 Å². The lowest BCUT2D eigenvalue weighted by Crippen LogP contribution is -2.30.